The van der Waals surface area contributed by atoms with Crippen LogP contribution in [0.2, 0.25) is 0 Å². The monoisotopic (exact) mass is 187 g/mol. The summed E-state index contributed by atoms with van der Waals surface area (Å²) in [5.74, 6) is 0.141. The number of hydrogen-bond acceptors (Lipinski definition) is 2. The van der Waals surface area contributed by atoms with Crippen LogP contribution in [0.5, 0.6) is 0 Å². The maximum Gasteiger partial charge on any atom is 0.172 e. The number of nitrogen functional groups attached to an aromatic ring is 1. The molecule has 72 valence electrons. The standard InChI is InChI=1S/C12H13NO/c1-12(2)6-5-8-3-4-9(13)7-10(8)11(12)14/h3-7H,13H2,1-2H3. The number of anilines is 1. The van der Waals surface area contributed by atoms with Crippen LogP contribution in [-0.2, 0) is 0 Å². The van der Waals surface area contributed by atoms with Gasteiger partial charge in [0.1, 0.15) is 0 Å². The average Bonchev–Trinajstić information content (AvgIpc) is 2.13. The molecule has 1 aromatic rings. The Balaban J connectivity index is 2.63. The number of Topliss-reactive ketones (excluding diaryl/α,β-unsaturated/α-hetero) is 1. The summed E-state index contributed by atoms with van der Waals surface area (Å²) in [5.41, 5.74) is 7.59. The second-order valence-corrected chi connectivity index (χ2v) is 4.23. The smallest absolute Gasteiger partial charge is 0.172 e. The molecule has 0 heterocycles. The predicted molar refractivity (Wildman–Crippen MR) is 58.0 cm³/mol. The van der Waals surface area contributed by atoms with Gasteiger partial charge in [-0.25, -0.2) is 0 Å². The van der Waals surface area contributed by atoms with Crippen LogP contribution in [0.3, 0.4) is 0 Å². The molecule has 2 N–H and O–H groups in total. The van der Waals surface area contributed by atoms with Crippen LogP contribution in [0.4, 0.5) is 5.69 Å². The Kier molecular flexibility index (Phi) is 1.74. The van der Waals surface area contributed by atoms with Gasteiger partial charge in [0, 0.05) is 16.7 Å². The molecule has 2 rings (SSSR count). The number of nitrogens with two attached hydrogens (primary N) is 1. The summed E-state index contributed by atoms with van der Waals surface area (Å²) in [6.45, 7) is 3.83. The quantitative estimate of drug-likeness (QED) is 0.634. The molecule has 0 saturated carbocycles. The third-order valence-electron chi connectivity index (χ3n) is 2.59. The Labute approximate surface area is 83.4 Å². The SMILES string of the molecule is CC1(C)C=Cc2ccc(N)cc2C1=O. The van der Waals surface area contributed by atoms with Crippen molar-refractivity contribution in [2.45, 2.75) is 13.8 Å². The van der Waals surface area contributed by atoms with Crippen LogP contribution in [-0.4, -0.2) is 5.78 Å². The van der Waals surface area contributed by atoms with Crippen LogP contribution in [0, 0.1) is 5.41 Å². The molecule has 1 aliphatic carbocycles. The van der Waals surface area contributed by atoms with E-state index in [2.05, 4.69) is 0 Å². The fraction of sp³-hybridized carbons (Fsp3) is 0.250. The lowest BCUT2D eigenvalue weighted by molar-refractivity contribution is 0.0883. The number of hydrogen-bond donors (Lipinski definition) is 1. The van der Waals surface area contributed by atoms with Crippen molar-refractivity contribution >= 4 is 17.5 Å². The van der Waals surface area contributed by atoms with Gasteiger partial charge in [0.2, 0.25) is 0 Å². The first-order valence-electron chi connectivity index (χ1n) is 4.64. The highest BCUT2D eigenvalue weighted by Crippen LogP contribution is 2.32. The number of ketones is 1. The van der Waals surface area contributed by atoms with Crippen LogP contribution in [0.15, 0.2) is 24.3 Å². The Morgan fingerprint density at radius 3 is 2.71 bits per heavy atom. The Bertz CT molecular complexity index is 430. The maximum absolute atomic E-state index is 12.0. The van der Waals surface area contributed by atoms with Gasteiger partial charge in [-0.15, -0.1) is 0 Å². The van der Waals surface area contributed by atoms with E-state index in [1.54, 1.807) is 6.07 Å². The van der Waals surface area contributed by atoms with E-state index >= 15 is 0 Å². The Morgan fingerprint density at radius 1 is 1.29 bits per heavy atom. The molecule has 0 fully saturated rings. The van der Waals surface area contributed by atoms with Crippen molar-refractivity contribution in [1.29, 1.82) is 0 Å². The van der Waals surface area contributed by atoms with Crippen molar-refractivity contribution in [3.05, 3.63) is 35.4 Å². The molecule has 0 saturated heterocycles. The van der Waals surface area contributed by atoms with E-state index in [0.29, 0.717) is 5.69 Å². The molecular weight excluding hydrogens is 174 g/mol. The first-order valence-corrected chi connectivity index (χ1v) is 4.64. The molecular formula is C12H13NO. The largest absolute Gasteiger partial charge is 0.399 e. The normalized spacial score (nSPS) is 18.0. The molecule has 0 unspecified atom stereocenters. The van der Waals surface area contributed by atoms with Crippen molar-refractivity contribution in [1.82, 2.24) is 0 Å². The third-order valence-corrected chi connectivity index (χ3v) is 2.59. The lowest BCUT2D eigenvalue weighted by Gasteiger charge is -2.24. The summed E-state index contributed by atoms with van der Waals surface area (Å²) in [4.78, 5) is 12.0. The molecule has 0 spiro atoms. The number of carbonyl (C=O) groups is 1. The number of allylic oxidation sites excluding steroid dienone is 1. The Morgan fingerprint density at radius 2 is 2.00 bits per heavy atom. The van der Waals surface area contributed by atoms with Gasteiger partial charge in [-0.2, -0.15) is 0 Å². The highest BCUT2D eigenvalue weighted by atomic mass is 16.1. The van der Waals surface area contributed by atoms with E-state index in [1.165, 1.54) is 0 Å². The van der Waals surface area contributed by atoms with E-state index < -0.39 is 5.41 Å². The van der Waals surface area contributed by atoms with E-state index in [0.717, 1.165) is 11.1 Å². The van der Waals surface area contributed by atoms with Gasteiger partial charge < -0.3 is 5.73 Å². The predicted octanol–water partition coefficient (Wildman–Crippen LogP) is 2.50. The second-order valence-electron chi connectivity index (χ2n) is 4.23. The minimum Gasteiger partial charge on any atom is -0.399 e. The van der Waals surface area contributed by atoms with Gasteiger partial charge in [-0.05, 0) is 31.5 Å². The molecule has 0 aliphatic heterocycles. The van der Waals surface area contributed by atoms with Gasteiger partial charge in [0.05, 0.1) is 0 Å². The second kappa shape index (κ2) is 2.71. The number of benzene rings is 1. The molecule has 1 aliphatic rings. The molecule has 2 nitrogen and oxygen atoms in total. The number of carbonyl (C=O) groups excluding carboxylic acids is 1. The van der Waals surface area contributed by atoms with Crippen molar-refractivity contribution in [3.8, 4) is 0 Å². The van der Waals surface area contributed by atoms with E-state index in [4.69, 9.17) is 5.73 Å². The number of rotatable bonds is 0. The van der Waals surface area contributed by atoms with Gasteiger partial charge in [0.15, 0.2) is 5.78 Å². The minimum atomic E-state index is -0.402. The molecule has 1 aromatic carbocycles. The maximum atomic E-state index is 12.0. The van der Waals surface area contributed by atoms with E-state index in [9.17, 15) is 4.79 Å². The van der Waals surface area contributed by atoms with E-state index in [-0.39, 0.29) is 5.78 Å². The Hall–Kier alpha value is -1.57. The summed E-state index contributed by atoms with van der Waals surface area (Å²) in [6.07, 6.45) is 3.92. The van der Waals surface area contributed by atoms with Crippen LogP contribution in [0.1, 0.15) is 29.8 Å². The molecule has 14 heavy (non-hydrogen) atoms. The lowest BCUT2D eigenvalue weighted by atomic mass is 9.78. The zero-order valence-electron chi connectivity index (χ0n) is 8.37. The summed E-state index contributed by atoms with van der Waals surface area (Å²) < 4.78 is 0. The summed E-state index contributed by atoms with van der Waals surface area (Å²) >= 11 is 0. The van der Waals surface area contributed by atoms with Crippen molar-refractivity contribution in [3.63, 3.8) is 0 Å². The van der Waals surface area contributed by atoms with Gasteiger partial charge in [0.25, 0.3) is 0 Å². The number of fused-ring (bicyclic) bond motifs is 1. The van der Waals surface area contributed by atoms with E-state index in [1.807, 2.05) is 38.1 Å². The van der Waals surface area contributed by atoms with Gasteiger partial charge >= 0.3 is 0 Å². The summed E-state index contributed by atoms with van der Waals surface area (Å²) in [6, 6.07) is 5.45. The fourth-order valence-corrected chi connectivity index (χ4v) is 1.64. The summed E-state index contributed by atoms with van der Waals surface area (Å²) in [5, 5.41) is 0. The highest BCUT2D eigenvalue weighted by molar-refractivity contribution is 6.07. The average molecular weight is 187 g/mol. The molecule has 2 heteroatoms. The van der Waals surface area contributed by atoms with Gasteiger partial charge in [-0.3, -0.25) is 4.79 Å². The molecule has 0 radical (unpaired) electrons. The van der Waals surface area contributed by atoms with Crippen LogP contribution < -0.4 is 5.73 Å². The lowest BCUT2D eigenvalue weighted by Crippen LogP contribution is -2.25. The fourth-order valence-electron chi connectivity index (χ4n) is 1.64. The summed E-state index contributed by atoms with van der Waals surface area (Å²) in [7, 11) is 0. The molecule has 0 amide bonds. The first-order chi connectivity index (χ1) is 6.50. The van der Waals surface area contributed by atoms with Crippen LogP contribution in [0.25, 0.3) is 6.08 Å². The highest BCUT2D eigenvalue weighted by Gasteiger charge is 2.30. The van der Waals surface area contributed by atoms with Gasteiger partial charge in [-0.1, -0.05) is 18.2 Å². The zero-order chi connectivity index (χ0) is 10.3. The zero-order valence-corrected chi connectivity index (χ0v) is 8.37. The first kappa shape index (κ1) is 9.00. The molecule has 0 aromatic heterocycles. The van der Waals surface area contributed by atoms with Crippen molar-refractivity contribution in [2.75, 3.05) is 5.73 Å². The third kappa shape index (κ3) is 1.23. The van der Waals surface area contributed by atoms with Crippen LogP contribution >= 0.6 is 0 Å². The molecule has 0 bridgehead atoms. The van der Waals surface area contributed by atoms with Crippen molar-refractivity contribution in [2.24, 2.45) is 5.41 Å². The topological polar surface area (TPSA) is 43.1 Å². The minimum absolute atomic E-state index is 0.141. The molecule has 0 atom stereocenters. The van der Waals surface area contributed by atoms with Crippen molar-refractivity contribution < 1.29 is 4.79 Å².